The highest BCUT2D eigenvalue weighted by Crippen LogP contribution is 1.97. The molecule has 1 N–H and O–H groups in total. The number of hydrogen-bond acceptors (Lipinski definition) is 2. The number of carbonyl (C=O) groups excluding carboxylic acids is 1. The molecule has 0 saturated carbocycles. The van der Waals surface area contributed by atoms with Crippen LogP contribution in [0.25, 0.3) is 0 Å². The molecular weight excluding hydrogens is 164 g/mol. The van der Waals surface area contributed by atoms with Gasteiger partial charge in [-0.15, -0.1) is 0 Å². The van der Waals surface area contributed by atoms with Gasteiger partial charge in [0.25, 0.3) is 5.91 Å². The molecule has 0 radical (unpaired) electrons. The molecule has 68 valence electrons. The van der Waals surface area contributed by atoms with Crippen molar-refractivity contribution in [3.05, 3.63) is 35.9 Å². The first-order chi connectivity index (χ1) is 6.34. The molecule has 1 aromatic rings. The van der Waals surface area contributed by atoms with E-state index in [-0.39, 0.29) is 5.91 Å². The first-order valence-electron chi connectivity index (χ1n) is 4.21. The molecule has 0 aliphatic carbocycles. The number of amides is 1. The van der Waals surface area contributed by atoms with Crippen molar-refractivity contribution in [2.45, 2.75) is 13.3 Å². The highest BCUT2D eigenvalue weighted by atomic mass is 16.2. The minimum Gasteiger partial charge on any atom is -0.267 e. The summed E-state index contributed by atoms with van der Waals surface area (Å²) in [5.74, 6) is -0.176. The van der Waals surface area contributed by atoms with E-state index in [0.29, 0.717) is 5.56 Å². The number of nitrogens with one attached hydrogen (secondary N) is 1. The van der Waals surface area contributed by atoms with Gasteiger partial charge in [0.1, 0.15) is 0 Å². The molecule has 0 aliphatic heterocycles. The number of benzene rings is 1. The van der Waals surface area contributed by atoms with Gasteiger partial charge < -0.3 is 0 Å². The van der Waals surface area contributed by atoms with Gasteiger partial charge in [-0.05, 0) is 18.6 Å². The number of hydrazone groups is 1. The zero-order valence-corrected chi connectivity index (χ0v) is 7.53. The van der Waals surface area contributed by atoms with Crippen LogP contribution in [-0.2, 0) is 0 Å². The zero-order valence-electron chi connectivity index (χ0n) is 7.53. The number of carbonyl (C=O) groups is 1. The van der Waals surface area contributed by atoms with E-state index < -0.39 is 0 Å². The van der Waals surface area contributed by atoms with Gasteiger partial charge in [-0.1, -0.05) is 25.1 Å². The van der Waals surface area contributed by atoms with E-state index in [1.54, 1.807) is 18.3 Å². The van der Waals surface area contributed by atoms with Crippen molar-refractivity contribution in [3.8, 4) is 0 Å². The SMILES string of the molecule is CC/C=N/NC(=O)c1ccccc1. The molecule has 0 fully saturated rings. The highest BCUT2D eigenvalue weighted by molar-refractivity contribution is 5.94. The predicted octanol–water partition coefficient (Wildman–Crippen LogP) is 1.81. The number of hydrogen-bond donors (Lipinski definition) is 1. The van der Waals surface area contributed by atoms with Crippen LogP contribution < -0.4 is 5.43 Å². The van der Waals surface area contributed by atoms with E-state index in [1.165, 1.54) is 0 Å². The maximum Gasteiger partial charge on any atom is 0.271 e. The topological polar surface area (TPSA) is 41.5 Å². The summed E-state index contributed by atoms with van der Waals surface area (Å²) in [6.45, 7) is 1.96. The third kappa shape index (κ3) is 3.07. The van der Waals surface area contributed by atoms with Crippen molar-refractivity contribution < 1.29 is 4.79 Å². The van der Waals surface area contributed by atoms with Crippen LogP contribution in [0.4, 0.5) is 0 Å². The molecule has 0 atom stereocenters. The molecule has 3 heteroatoms. The van der Waals surface area contributed by atoms with Crippen LogP contribution in [0.2, 0.25) is 0 Å². The quantitative estimate of drug-likeness (QED) is 0.554. The molecular formula is C10H12N2O. The Morgan fingerprint density at radius 1 is 1.46 bits per heavy atom. The first kappa shape index (κ1) is 9.45. The number of nitrogens with zero attached hydrogens (tertiary/aromatic N) is 1. The molecule has 0 saturated heterocycles. The number of rotatable bonds is 3. The van der Waals surface area contributed by atoms with Crippen LogP contribution in [-0.4, -0.2) is 12.1 Å². The lowest BCUT2D eigenvalue weighted by molar-refractivity contribution is 0.0955. The van der Waals surface area contributed by atoms with Gasteiger partial charge in [-0.3, -0.25) is 4.79 Å². The summed E-state index contributed by atoms with van der Waals surface area (Å²) in [5.41, 5.74) is 3.05. The first-order valence-corrected chi connectivity index (χ1v) is 4.21. The van der Waals surface area contributed by atoms with E-state index >= 15 is 0 Å². The van der Waals surface area contributed by atoms with E-state index in [1.807, 2.05) is 25.1 Å². The summed E-state index contributed by atoms with van der Waals surface area (Å²) in [6, 6.07) is 9.00. The second-order valence-corrected chi connectivity index (χ2v) is 2.53. The summed E-state index contributed by atoms with van der Waals surface area (Å²) in [6.07, 6.45) is 2.47. The third-order valence-electron chi connectivity index (χ3n) is 1.48. The molecule has 1 aromatic carbocycles. The van der Waals surface area contributed by atoms with Gasteiger partial charge in [0, 0.05) is 11.8 Å². The van der Waals surface area contributed by atoms with Crippen LogP contribution >= 0.6 is 0 Å². The lowest BCUT2D eigenvalue weighted by Crippen LogP contribution is -2.17. The van der Waals surface area contributed by atoms with Crippen LogP contribution in [0.5, 0.6) is 0 Å². The Balaban J connectivity index is 2.54. The second-order valence-electron chi connectivity index (χ2n) is 2.53. The Kier molecular flexibility index (Phi) is 3.70. The van der Waals surface area contributed by atoms with Crippen LogP contribution in [0, 0.1) is 0 Å². The summed E-state index contributed by atoms with van der Waals surface area (Å²) >= 11 is 0. The molecule has 13 heavy (non-hydrogen) atoms. The largest absolute Gasteiger partial charge is 0.271 e. The molecule has 0 aliphatic rings. The van der Waals surface area contributed by atoms with Gasteiger partial charge in [0.05, 0.1) is 0 Å². The van der Waals surface area contributed by atoms with Crippen molar-refractivity contribution in [2.24, 2.45) is 5.10 Å². The molecule has 0 unspecified atom stereocenters. The monoisotopic (exact) mass is 176 g/mol. The normalized spacial score (nSPS) is 10.2. The fourth-order valence-electron chi connectivity index (χ4n) is 0.850. The minimum atomic E-state index is -0.176. The van der Waals surface area contributed by atoms with Crippen LogP contribution in [0.15, 0.2) is 35.4 Å². The fraction of sp³-hybridized carbons (Fsp3) is 0.200. The van der Waals surface area contributed by atoms with Crippen molar-refractivity contribution in [1.82, 2.24) is 5.43 Å². The van der Waals surface area contributed by atoms with Crippen molar-refractivity contribution in [1.29, 1.82) is 0 Å². The van der Waals surface area contributed by atoms with Crippen LogP contribution in [0.1, 0.15) is 23.7 Å². The Morgan fingerprint density at radius 2 is 2.15 bits per heavy atom. The molecule has 0 bridgehead atoms. The van der Waals surface area contributed by atoms with E-state index in [9.17, 15) is 4.79 Å². The molecule has 1 amide bonds. The maximum absolute atomic E-state index is 11.3. The van der Waals surface area contributed by atoms with E-state index in [2.05, 4.69) is 10.5 Å². The summed E-state index contributed by atoms with van der Waals surface area (Å²) in [7, 11) is 0. The molecule has 3 nitrogen and oxygen atoms in total. The standard InChI is InChI=1S/C10H12N2O/c1-2-8-11-12-10(13)9-6-4-3-5-7-9/h3-8H,2H2,1H3,(H,12,13)/b11-8+. The van der Waals surface area contributed by atoms with Gasteiger partial charge in [0.15, 0.2) is 0 Å². The maximum atomic E-state index is 11.3. The molecule has 0 aromatic heterocycles. The average Bonchev–Trinajstić information content (AvgIpc) is 2.19. The van der Waals surface area contributed by atoms with Gasteiger partial charge in [-0.2, -0.15) is 5.10 Å². The lowest BCUT2D eigenvalue weighted by Gasteiger charge is -1.97. The Morgan fingerprint density at radius 3 is 2.77 bits per heavy atom. The summed E-state index contributed by atoms with van der Waals surface area (Å²) in [4.78, 5) is 11.3. The summed E-state index contributed by atoms with van der Waals surface area (Å²) < 4.78 is 0. The smallest absolute Gasteiger partial charge is 0.267 e. The van der Waals surface area contributed by atoms with Crippen molar-refractivity contribution >= 4 is 12.1 Å². The highest BCUT2D eigenvalue weighted by Gasteiger charge is 2.00. The lowest BCUT2D eigenvalue weighted by atomic mass is 10.2. The van der Waals surface area contributed by atoms with Gasteiger partial charge >= 0.3 is 0 Å². The average molecular weight is 176 g/mol. The van der Waals surface area contributed by atoms with Crippen LogP contribution in [0.3, 0.4) is 0 Å². The van der Waals surface area contributed by atoms with Crippen molar-refractivity contribution in [2.75, 3.05) is 0 Å². The fourth-order valence-corrected chi connectivity index (χ4v) is 0.850. The van der Waals surface area contributed by atoms with E-state index in [0.717, 1.165) is 6.42 Å². The second kappa shape index (κ2) is 5.09. The van der Waals surface area contributed by atoms with Gasteiger partial charge in [0.2, 0.25) is 0 Å². The summed E-state index contributed by atoms with van der Waals surface area (Å²) in [5, 5.41) is 3.74. The van der Waals surface area contributed by atoms with Crippen molar-refractivity contribution in [3.63, 3.8) is 0 Å². The zero-order chi connectivity index (χ0) is 9.52. The Hall–Kier alpha value is -1.64. The Bertz CT molecular complexity index is 293. The molecule has 1 rings (SSSR count). The molecule has 0 spiro atoms. The third-order valence-corrected chi connectivity index (χ3v) is 1.48. The predicted molar refractivity (Wildman–Crippen MR) is 52.7 cm³/mol. The van der Waals surface area contributed by atoms with E-state index in [4.69, 9.17) is 0 Å². The van der Waals surface area contributed by atoms with Gasteiger partial charge in [-0.25, -0.2) is 5.43 Å². The Labute approximate surface area is 77.5 Å². The molecule has 0 heterocycles. The minimum absolute atomic E-state index is 0.176.